The van der Waals surface area contributed by atoms with Crippen LogP contribution in [0.3, 0.4) is 0 Å². The zero-order valence-corrected chi connectivity index (χ0v) is 13.1. The summed E-state index contributed by atoms with van der Waals surface area (Å²) in [5.41, 5.74) is 0. The molecule has 2 heterocycles. The molecule has 0 aliphatic carbocycles. The van der Waals surface area contributed by atoms with E-state index in [-0.39, 0.29) is 11.8 Å². The van der Waals surface area contributed by atoms with Gasteiger partial charge in [0.15, 0.2) is 0 Å². The molecular weight excluding hydrogens is 266 g/mol. The topological polar surface area (TPSA) is 52.7 Å². The second-order valence-electron chi connectivity index (χ2n) is 6.16. The predicted molar refractivity (Wildman–Crippen MR) is 83.0 cm³/mol. The summed E-state index contributed by atoms with van der Waals surface area (Å²) in [5.74, 6) is 0.409. The van der Waals surface area contributed by atoms with E-state index in [0.29, 0.717) is 19.5 Å². The van der Waals surface area contributed by atoms with E-state index in [0.717, 1.165) is 51.9 Å². The monoisotopic (exact) mass is 295 g/mol. The first-order valence-electron chi connectivity index (χ1n) is 8.53. The van der Waals surface area contributed by atoms with Crippen molar-refractivity contribution in [3.8, 4) is 0 Å². The van der Waals surface area contributed by atoms with Crippen molar-refractivity contribution in [1.82, 2.24) is 15.1 Å². The highest BCUT2D eigenvalue weighted by molar-refractivity contribution is 5.79. The van der Waals surface area contributed by atoms with E-state index in [1.165, 1.54) is 19.3 Å². The number of piperidine rings is 1. The zero-order chi connectivity index (χ0) is 14.9. The minimum absolute atomic E-state index is 0.183. The molecule has 2 amide bonds. The van der Waals surface area contributed by atoms with Crippen LogP contribution in [0.5, 0.6) is 0 Å². The van der Waals surface area contributed by atoms with Crippen LogP contribution in [-0.4, -0.2) is 60.9 Å². The van der Waals surface area contributed by atoms with Crippen molar-refractivity contribution in [2.24, 2.45) is 0 Å². The molecule has 0 unspecified atom stereocenters. The Morgan fingerprint density at radius 3 is 1.76 bits per heavy atom. The summed E-state index contributed by atoms with van der Waals surface area (Å²) in [4.78, 5) is 28.0. The lowest BCUT2D eigenvalue weighted by atomic mass is 10.1. The van der Waals surface area contributed by atoms with Gasteiger partial charge in [0.2, 0.25) is 11.8 Å². The first-order valence-corrected chi connectivity index (χ1v) is 8.53. The van der Waals surface area contributed by atoms with Gasteiger partial charge in [-0.25, -0.2) is 0 Å². The fourth-order valence-corrected chi connectivity index (χ4v) is 3.12. The van der Waals surface area contributed by atoms with Gasteiger partial charge in [-0.2, -0.15) is 0 Å². The van der Waals surface area contributed by atoms with Gasteiger partial charge in [0.05, 0.1) is 6.54 Å². The zero-order valence-electron chi connectivity index (χ0n) is 13.1. The smallest absolute Gasteiger partial charge is 0.236 e. The Hall–Kier alpha value is -1.10. The number of nitrogens with zero attached hydrogens (tertiary/aromatic N) is 2. The predicted octanol–water partition coefficient (Wildman–Crippen LogP) is 1.38. The van der Waals surface area contributed by atoms with Crippen LogP contribution in [0.2, 0.25) is 0 Å². The second-order valence-corrected chi connectivity index (χ2v) is 6.16. The van der Waals surface area contributed by atoms with Gasteiger partial charge in [-0.3, -0.25) is 9.59 Å². The fourth-order valence-electron chi connectivity index (χ4n) is 3.12. The van der Waals surface area contributed by atoms with E-state index in [1.54, 1.807) is 0 Å². The van der Waals surface area contributed by atoms with Crippen LogP contribution in [0.25, 0.3) is 0 Å². The molecule has 120 valence electrons. The summed E-state index contributed by atoms with van der Waals surface area (Å²) < 4.78 is 0. The number of carbonyl (C=O) groups is 2. The summed E-state index contributed by atoms with van der Waals surface area (Å²) in [7, 11) is 0. The third kappa shape index (κ3) is 5.65. The number of carbonyl (C=O) groups excluding carboxylic acids is 2. The van der Waals surface area contributed by atoms with E-state index in [4.69, 9.17) is 0 Å². The third-order valence-electron chi connectivity index (χ3n) is 4.46. The van der Waals surface area contributed by atoms with Crippen molar-refractivity contribution in [2.75, 3.05) is 39.3 Å². The lowest BCUT2D eigenvalue weighted by Gasteiger charge is -2.26. The molecule has 2 rings (SSSR count). The minimum Gasteiger partial charge on any atom is -0.343 e. The maximum Gasteiger partial charge on any atom is 0.236 e. The van der Waals surface area contributed by atoms with Crippen LogP contribution in [0.4, 0.5) is 0 Å². The molecule has 2 aliphatic rings. The van der Waals surface area contributed by atoms with Gasteiger partial charge in [0.1, 0.15) is 0 Å². The van der Waals surface area contributed by atoms with Crippen LogP contribution in [0.15, 0.2) is 0 Å². The molecule has 21 heavy (non-hydrogen) atoms. The van der Waals surface area contributed by atoms with Gasteiger partial charge < -0.3 is 15.1 Å². The Balaban J connectivity index is 1.57. The molecular formula is C16H29N3O2. The SMILES string of the molecule is O=C(CCNCC(=O)N1CCCCCC1)N1CCCCC1. The summed E-state index contributed by atoms with van der Waals surface area (Å²) in [6.45, 7) is 4.58. The molecule has 0 aromatic rings. The van der Waals surface area contributed by atoms with Crippen LogP contribution in [0, 0.1) is 0 Å². The highest BCUT2D eigenvalue weighted by Gasteiger charge is 2.17. The number of amides is 2. The largest absolute Gasteiger partial charge is 0.343 e. The van der Waals surface area contributed by atoms with Crippen LogP contribution < -0.4 is 5.32 Å². The summed E-state index contributed by atoms with van der Waals surface area (Å²) in [5, 5.41) is 3.13. The molecule has 0 saturated carbocycles. The molecule has 0 radical (unpaired) electrons. The molecule has 2 fully saturated rings. The van der Waals surface area contributed by atoms with Gasteiger partial charge in [0, 0.05) is 39.1 Å². The van der Waals surface area contributed by atoms with Crippen molar-refractivity contribution < 1.29 is 9.59 Å². The van der Waals surface area contributed by atoms with E-state index in [2.05, 4.69) is 5.32 Å². The number of likely N-dealkylation sites (tertiary alicyclic amines) is 2. The summed E-state index contributed by atoms with van der Waals surface area (Å²) >= 11 is 0. The number of nitrogens with one attached hydrogen (secondary N) is 1. The lowest BCUT2D eigenvalue weighted by molar-refractivity contribution is -0.133. The van der Waals surface area contributed by atoms with Crippen molar-refractivity contribution in [2.45, 2.75) is 51.4 Å². The average molecular weight is 295 g/mol. The molecule has 0 bridgehead atoms. The van der Waals surface area contributed by atoms with Gasteiger partial charge in [0.25, 0.3) is 0 Å². The Morgan fingerprint density at radius 2 is 1.19 bits per heavy atom. The van der Waals surface area contributed by atoms with Gasteiger partial charge >= 0.3 is 0 Å². The first kappa shape index (κ1) is 16.3. The van der Waals surface area contributed by atoms with Crippen LogP contribution in [-0.2, 0) is 9.59 Å². The van der Waals surface area contributed by atoms with Crippen molar-refractivity contribution in [1.29, 1.82) is 0 Å². The van der Waals surface area contributed by atoms with E-state index in [1.807, 2.05) is 9.80 Å². The van der Waals surface area contributed by atoms with Gasteiger partial charge in [-0.1, -0.05) is 12.8 Å². The number of hydrogen-bond donors (Lipinski definition) is 1. The molecule has 0 atom stereocenters. The highest BCUT2D eigenvalue weighted by Crippen LogP contribution is 2.10. The quantitative estimate of drug-likeness (QED) is 0.780. The molecule has 5 heteroatoms. The summed E-state index contributed by atoms with van der Waals surface area (Å²) in [6.07, 6.45) is 8.74. The van der Waals surface area contributed by atoms with Crippen molar-refractivity contribution in [3.63, 3.8) is 0 Å². The molecule has 0 aromatic carbocycles. The Labute approximate surface area is 128 Å². The average Bonchev–Trinajstić information content (AvgIpc) is 2.81. The molecule has 0 aromatic heterocycles. The third-order valence-corrected chi connectivity index (χ3v) is 4.46. The molecule has 0 spiro atoms. The van der Waals surface area contributed by atoms with Gasteiger partial charge in [-0.15, -0.1) is 0 Å². The van der Waals surface area contributed by atoms with Crippen molar-refractivity contribution >= 4 is 11.8 Å². The van der Waals surface area contributed by atoms with E-state index < -0.39 is 0 Å². The Bertz CT molecular complexity index is 332. The number of rotatable bonds is 5. The first-order chi connectivity index (χ1) is 10.3. The molecule has 2 aliphatic heterocycles. The van der Waals surface area contributed by atoms with Crippen molar-refractivity contribution in [3.05, 3.63) is 0 Å². The van der Waals surface area contributed by atoms with Crippen LogP contribution in [0.1, 0.15) is 51.4 Å². The second kappa shape index (κ2) is 9.03. The Kier molecular flexibility index (Phi) is 7.00. The van der Waals surface area contributed by atoms with Gasteiger partial charge in [-0.05, 0) is 32.1 Å². The molecule has 2 saturated heterocycles. The van der Waals surface area contributed by atoms with E-state index in [9.17, 15) is 9.59 Å². The number of hydrogen-bond acceptors (Lipinski definition) is 3. The normalized spacial score (nSPS) is 20.2. The maximum absolute atomic E-state index is 12.1. The molecule has 1 N–H and O–H groups in total. The van der Waals surface area contributed by atoms with E-state index >= 15 is 0 Å². The molecule has 5 nitrogen and oxygen atoms in total. The maximum atomic E-state index is 12.1. The summed E-state index contributed by atoms with van der Waals surface area (Å²) in [6, 6.07) is 0. The van der Waals surface area contributed by atoms with Crippen LogP contribution >= 0.6 is 0 Å². The highest BCUT2D eigenvalue weighted by atomic mass is 16.2. The lowest BCUT2D eigenvalue weighted by Crippen LogP contribution is -2.40. The minimum atomic E-state index is 0.183. The fraction of sp³-hybridized carbons (Fsp3) is 0.875. The Morgan fingerprint density at radius 1 is 0.714 bits per heavy atom. The standard InChI is InChI=1S/C16H29N3O2/c20-15(18-10-6-3-7-11-18)8-9-17-14-16(21)19-12-4-1-2-5-13-19/h17H,1-14H2.